The molecule has 0 unspecified atom stereocenters. The van der Waals surface area contributed by atoms with Gasteiger partial charge in [-0.2, -0.15) is 5.10 Å². The number of nitrogens with zero attached hydrogens (tertiary/aromatic N) is 4. The molecule has 2 N–H and O–H groups in total. The Bertz CT molecular complexity index is 549. The van der Waals surface area contributed by atoms with E-state index in [-0.39, 0.29) is 0 Å². The first-order chi connectivity index (χ1) is 8.65. The van der Waals surface area contributed by atoms with Gasteiger partial charge in [-0.1, -0.05) is 13.3 Å². The molecule has 6 heteroatoms. The molecule has 96 valence electrons. The smallest absolute Gasteiger partial charge is 0.165 e. The molecule has 0 aromatic carbocycles. The van der Waals surface area contributed by atoms with Gasteiger partial charge in [0, 0.05) is 12.7 Å². The maximum absolute atomic E-state index is 5.90. The summed E-state index contributed by atoms with van der Waals surface area (Å²) in [6, 6.07) is 0. The number of rotatable bonds is 4. The number of halogens is 1. The van der Waals surface area contributed by atoms with Gasteiger partial charge in [0.15, 0.2) is 5.82 Å². The number of nitrogen functional groups attached to an aromatic ring is 1. The van der Waals surface area contributed by atoms with E-state index in [4.69, 9.17) is 5.73 Å². The van der Waals surface area contributed by atoms with Crippen molar-refractivity contribution in [3.8, 4) is 11.4 Å². The van der Waals surface area contributed by atoms with Crippen molar-refractivity contribution < 1.29 is 0 Å². The molecule has 2 rings (SSSR count). The van der Waals surface area contributed by atoms with Crippen molar-refractivity contribution in [2.75, 3.05) is 5.73 Å². The van der Waals surface area contributed by atoms with Crippen LogP contribution in [0, 0.1) is 0 Å². The van der Waals surface area contributed by atoms with Gasteiger partial charge in [0.2, 0.25) is 0 Å². The number of aryl methyl sites for hydroxylation is 2. The largest absolute Gasteiger partial charge is 0.383 e. The molecule has 0 radical (unpaired) electrons. The Morgan fingerprint density at radius 2 is 2.11 bits per heavy atom. The van der Waals surface area contributed by atoms with E-state index in [0.717, 1.165) is 35.1 Å². The van der Waals surface area contributed by atoms with E-state index in [1.165, 1.54) is 0 Å². The van der Waals surface area contributed by atoms with Crippen LogP contribution in [0.5, 0.6) is 0 Å². The Balaban J connectivity index is 2.44. The average molecular weight is 310 g/mol. The molecular weight excluding hydrogens is 294 g/mol. The van der Waals surface area contributed by atoms with Gasteiger partial charge in [0.05, 0.1) is 21.9 Å². The standard InChI is InChI=1S/C12H16BrN5/c1-3-5-9-10(13)11(14)17-12(16-9)8-6-15-18(4-2)7-8/h6-7H,3-5H2,1-2H3,(H2,14,16,17). The topological polar surface area (TPSA) is 69.6 Å². The lowest BCUT2D eigenvalue weighted by Gasteiger charge is -2.06. The Morgan fingerprint density at radius 3 is 2.72 bits per heavy atom. The summed E-state index contributed by atoms with van der Waals surface area (Å²) in [5.41, 5.74) is 7.75. The Labute approximate surface area is 115 Å². The van der Waals surface area contributed by atoms with Crippen molar-refractivity contribution in [1.82, 2.24) is 19.7 Å². The van der Waals surface area contributed by atoms with Crippen molar-refractivity contribution in [3.63, 3.8) is 0 Å². The van der Waals surface area contributed by atoms with Crippen LogP contribution in [0.4, 0.5) is 5.82 Å². The lowest BCUT2D eigenvalue weighted by molar-refractivity contribution is 0.660. The number of anilines is 1. The Morgan fingerprint density at radius 1 is 1.33 bits per heavy atom. The van der Waals surface area contributed by atoms with Gasteiger partial charge in [-0.05, 0) is 29.3 Å². The predicted molar refractivity (Wildman–Crippen MR) is 75.0 cm³/mol. The van der Waals surface area contributed by atoms with Crippen LogP contribution in [-0.4, -0.2) is 19.7 Å². The van der Waals surface area contributed by atoms with Crippen LogP contribution in [0.1, 0.15) is 26.0 Å². The normalized spacial score (nSPS) is 10.8. The summed E-state index contributed by atoms with van der Waals surface area (Å²) < 4.78 is 2.65. The Kier molecular flexibility index (Phi) is 3.96. The molecule has 0 aliphatic rings. The third-order valence-electron chi connectivity index (χ3n) is 2.65. The van der Waals surface area contributed by atoms with E-state index in [2.05, 4.69) is 37.9 Å². The van der Waals surface area contributed by atoms with Crippen molar-refractivity contribution in [2.45, 2.75) is 33.2 Å². The van der Waals surface area contributed by atoms with E-state index in [1.807, 2.05) is 17.8 Å². The van der Waals surface area contributed by atoms with Crippen LogP contribution < -0.4 is 5.73 Å². The van der Waals surface area contributed by atoms with E-state index in [0.29, 0.717) is 11.6 Å². The molecule has 0 aliphatic carbocycles. The Hall–Kier alpha value is -1.43. The van der Waals surface area contributed by atoms with Crippen molar-refractivity contribution in [1.29, 1.82) is 0 Å². The minimum atomic E-state index is 0.479. The first-order valence-electron chi connectivity index (χ1n) is 6.00. The zero-order valence-corrected chi connectivity index (χ0v) is 12.1. The highest BCUT2D eigenvalue weighted by molar-refractivity contribution is 9.10. The van der Waals surface area contributed by atoms with E-state index < -0.39 is 0 Å². The second-order valence-electron chi connectivity index (χ2n) is 4.03. The first-order valence-corrected chi connectivity index (χ1v) is 6.79. The molecule has 0 saturated carbocycles. The third-order valence-corrected chi connectivity index (χ3v) is 3.51. The highest BCUT2D eigenvalue weighted by atomic mass is 79.9. The monoisotopic (exact) mass is 309 g/mol. The van der Waals surface area contributed by atoms with Gasteiger partial charge >= 0.3 is 0 Å². The van der Waals surface area contributed by atoms with E-state index in [1.54, 1.807) is 6.20 Å². The minimum absolute atomic E-state index is 0.479. The third kappa shape index (κ3) is 2.53. The number of aromatic nitrogens is 4. The summed E-state index contributed by atoms with van der Waals surface area (Å²) in [5.74, 6) is 1.12. The van der Waals surface area contributed by atoms with Crippen molar-refractivity contribution >= 4 is 21.7 Å². The highest BCUT2D eigenvalue weighted by Crippen LogP contribution is 2.25. The lowest BCUT2D eigenvalue weighted by atomic mass is 10.2. The second-order valence-corrected chi connectivity index (χ2v) is 4.82. The van der Waals surface area contributed by atoms with E-state index in [9.17, 15) is 0 Å². The number of nitrogens with two attached hydrogens (primary N) is 1. The summed E-state index contributed by atoms with van der Waals surface area (Å²) in [4.78, 5) is 8.85. The quantitative estimate of drug-likeness (QED) is 0.942. The van der Waals surface area contributed by atoms with Gasteiger partial charge in [0.1, 0.15) is 5.82 Å². The summed E-state index contributed by atoms with van der Waals surface area (Å²) in [6.45, 7) is 4.98. The molecule has 2 aromatic rings. The SMILES string of the molecule is CCCc1nc(-c2cnn(CC)c2)nc(N)c1Br. The van der Waals surface area contributed by atoms with Crippen LogP contribution in [-0.2, 0) is 13.0 Å². The first kappa shape index (κ1) is 13.0. The molecule has 5 nitrogen and oxygen atoms in total. The molecule has 0 aliphatic heterocycles. The number of hydrogen-bond donors (Lipinski definition) is 1. The number of hydrogen-bond acceptors (Lipinski definition) is 4. The van der Waals surface area contributed by atoms with Crippen molar-refractivity contribution in [3.05, 3.63) is 22.6 Å². The van der Waals surface area contributed by atoms with Gasteiger partial charge < -0.3 is 5.73 Å². The predicted octanol–water partition coefficient (Wildman–Crippen LogP) is 2.66. The van der Waals surface area contributed by atoms with Crippen LogP contribution in [0.2, 0.25) is 0 Å². The van der Waals surface area contributed by atoms with Gasteiger partial charge in [0.25, 0.3) is 0 Å². The molecule has 0 spiro atoms. The van der Waals surface area contributed by atoms with Gasteiger partial charge in [-0.25, -0.2) is 9.97 Å². The molecule has 18 heavy (non-hydrogen) atoms. The molecule has 0 atom stereocenters. The maximum atomic E-state index is 5.90. The molecular formula is C12H16BrN5. The van der Waals surface area contributed by atoms with Crippen LogP contribution in [0.3, 0.4) is 0 Å². The van der Waals surface area contributed by atoms with Gasteiger partial charge in [-0.3, -0.25) is 4.68 Å². The summed E-state index contributed by atoms with van der Waals surface area (Å²) in [5, 5.41) is 4.22. The second kappa shape index (κ2) is 5.48. The van der Waals surface area contributed by atoms with E-state index >= 15 is 0 Å². The molecule has 0 bridgehead atoms. The summed E-state index contributed by atoms with van der Waals surface area (Å²) >= 11 is 3.44. The van der Waals surface area contributed by atoms with Crippen LogP contribution >= 0.6 is 15.9 Å². The molecule has 2 aromatic heterocycles. The summed E-state index contributed by atoms with van der Waals surface area (Å²) in [7, 11) is 0. The zero-order valence-electron chi connectivity index (χ0n) is 10.5. The summed E-state index contributed by atoms with van der Waals surface area (Å²) in [6.07, 6.45) is 5.59. The fourth-order valence-corrected chi connectivity index (χ4v) is 2.07. The molecule has 0 saturated heterocycles. The molecule has 0 fully saturated rings. The molecule has 2 heterocycles. The highest BCUT2D eigenvalue weighted by Gasteiger charge is 2.12. The van der Waals surface area contributed by atoms with Gasteiger partial charge in [-0.15, -0.1) is 0 Å². The lowest BCUT2D eigenvalue weighted by Crippen LogP contribution is -2.02. The van der Waals surface area contributed by atoms with Crippen LogP contribution in [0.15, 0.2) is 16.9 Å². The van der Waals surface area contributed by atoms with Crippen LogP contribution in [0.25, 0.3) is 11.4 Å². The fraction of sp³-hybridized carbons (Fsp3) is 0.417. The molecule has 0 amide bonds. The zero-order chi connectivity index (χ0) is 13.1. The fourth-order valence-electron chi connectivity index (χ4n) is 1.70. The minimum Gasteiger partial charge on any atom is -0.383 e. The maximum Gasteiger partial charge on any atom is 0.165 e. The average Bonchev–Trinajstić information content (AvgIpc) is 2.83. The van der Waals surface area contributed by atoms with Crippen molar-refractivity contribution in [2.24, 2.45) is 0 Å².